The number of hydrogen-bond acceptors (Lipinski definition) is 5. The van der Waals surface area contributed by atoms with Crippen molar-refractivity contribution >= 4 is 35.5 Å². The van der Waals surface area contributed by atoms with E-state index in [-0.39, 0.29) is 23.4 Å². The van der Waals surface area contributed by atoms with Gasteiger partial charge in [0.1, 0.15) is 5.82 Å². The Balaban J connectivity index is 2.36. The number of aliphatic carboxylic acids is 1. The molecule has 0 aliphatic heterocycles. The fourth-order valence-corrected chi connectivity index (χ4v) is 2.91. The number of nitrogens with two attached hydrogens (primary N) is 1. The molecule has 154 valence electrons. The van der Waals surface area contributed by atoms with Crippen LogP contribution < -0.4 is 11.1 Å². The van der Waals surface area contributed by atoms with Gasteiger partial charge in [-0.15, -0.1) is 0 Å². The van der Waals surface area contributed by atoms with E-state index in [0.717, 1.165) is 6.07 Å². The number of amides is 1. The number of methoxy groups -OCH3 is 1. The van der Waals surface area contributed by atoms with Crippen molar-refractivity contribution in [2.24, 2.45) is 0 Å². The monoisotopic (exact) mass is 403 g/mol. The number of aromatic amines is 1. The second kappa shape index (κ2) is 9.16. The summed E-state index contributed by atoms with van der Waals surface area (Å²) in [7, 11) is 1.24. The second-order valence-corrected chi connectivity index (χ2v) is 6.39. The Morgan fingerprint density at radius 2 is 2.07 bits per heavy atom. The number of rotatable bonds is 8. The number of aryl methyl sites for hydroxylation is 1. The number of carbonyl (C=O) groups is 3. The SMILES string of the molecule is COC(CNC(=O)c1c(C)[nH]c(/C=C(\C=O)c2cc(F)ccc2N)c1C)C(=O)O. The molecule has 0 aliphatic carbocycles. The van der Waals surface area contributed by atoms with Crippen molar-refractivity contribution in [3.05, 3.63) is 52.1 Å². The van der Waals surface area contributed by atoms with Crippen LogP contribution in [0.4, 0.5) is 10.1 Å². The fraction of sp³-hybridized carbons (Fsp3) is 0.250. The lowest BCUT2D eigenvalue weighted by molar-refractivity contribution is -0.148. The molecule has 0 radical (unpaired) electrons. The van der Waals surface area contributed by atoms with Crippen molar-refractivity contribution in [1.82, 2.24) is 10.3 Å². The number of nitrogen functional groups attached to an aromatic ring is 1. The van der Waals surface area contributed by atoms with Crippen LogP contribution in [0, 0.1) is 19.7 Å². The molecule has 2 aromatic rings. The minimum Gasteiger partial charge on any atom is -0.479 e. The van der Waals surface area contributed by atoms with Crippen LogP contribution in [0.5, 0.6) is 0 Å². The maximum absolute atomic E-state index is 13.6. The Hall–Kier alpha value is -3.46. The number of hydrogen-bond donors (Lipinski definition) is 4. The Kier molecular flexibility index (Phi) is 6.89. The third-order valence-corrected chi connectivity index (χ3v) is 4.46. The summed E-state index contributed by atoms with van der Waals surface area (Å²) in [6.45, 7) is 3.13. The summed E-state index contributed by atoms with van der Waals surface area (Å²) in [6, 6.07) is 3.71. The second-order valence-electron chi connectivity index (χ2n) is 6.39. The van der Waals surface area contributed by atoms with Gasteiger partial charge in [0.15, 0.2) is 12.4 Å². The number of carboxylic acid groups (broad SMARTS) is 1. The first-order valence-electron chi connectivity index (χ1n) is 8.64. The van der Waals surface area contributed by atoms with E-state index in [0.29, 0.717) is 28.8 Å². The van der Waals surface area contributed by atoms with Gasteiger partial charge in [0, 0.05) is 35.3 Å². The maximum atomic E-state index is 13.6. The number of carbonyl (C=O) groups excluding carboxylic acids is 2. The third kappa shape index (κ3) is 4.88. The van der Waals surface area contributed by atoms with Crippen molar-refractivity contribution in [3.8, 4) is 0 Å². The highest BCUT2D eigenvalue weighted by Crippen LogP contribution is 2.26. The van der Waals surface area contributed by atoms with Gasteiger partial charge in [-0.1, -0.05) is 0 Å². The summed E-state index contributed by atoms with van der Waals surface area (Å²) in [6.07, 6.45) is 0.860. The number of anilines is 1. The van der Waals surface area contributed by atoms with Gasteiger partial charge in [0.2, 0.25) is 0 Å². The molecule has 2 rings (SSSR count). The lowest BCUT2D eigenvalue weighted by Crippen LogP contribution is -2.38. The van der Waals surface area contributed by atoms with Crippen LogP contribution in [0.1, 0.15) is 32.9 Å². The van der Waals surface area contributed by atoms with Gasteiger partial charge in [0.25, 0.3) is 5.91 Å². The van der Waals surface area contributed by atoms with Gasteiger partial charge < -0.3 is 25.9 Å². The topological polar surface area (TPSA) is 135 Å². The van der Waals surface area contributed by atoms with Crippen LogP contribution in [0.15, 0.2) is 18.2 Å². The molecule has 29 heavy (non-hydrogen) atoms. The average molecular weight is 403 g/mol. The zero-order chi connectivity index (χ0) is 21.7. The molecule has 9 heteroatoms. The van der Waals surface area contributed by atoms with Crippen LogP contribution in [0.2, 0.25) is 0 Å². The van der Waals surface area contributed by atoms with Gasteiger partial charge in [-0.05, 0) is 43.7 Å². The Morgan fingerprint density at radius 1 is 1.38 bits per heavy atom. The molecule has 8 nitrogen and oxygen atoms in total. The largest absolute Gasteiger partial charge is 0.479 e. The molecule has 0 fully saturated rings. The van der Waals surface area contributed by atoms with Crippen LogP contribution in [-0.2, 0) is 14.3 Å². The molecular formula is C20H22FN3O5. The first-order chi connectivity index (χ1) is 13.7. The van der Waals surface area contributed by atoms with E-state index >= 15 is 0 Å². The molecule has 5 N–H and O–H groups in total. The van der Waals surface area contributed by atoms with E-state index in [1.807, 2.05) is 0 Å². The highest BCUT2D eigenvalue weighted by molar-refractivity contribution is 6.15. The summed E-state index contributed by atoms with van der Waals surface area (Å²) in [5, 5.41) is 11.5. The minimum absolute atomic E-state index is 0.142. The quantitative estimate of drug-likeness (QED) is 0.302. The van der Waals surface area contributed by atoms with E-state index in [1.54, 1.807) is 13.8 Å². The molecule has 1 heterocycles. The minimum atomic E-state index is -1.19. The van der Waals surface area contributed by atoms with E-state index < -0.39 is 23.8 Å². The third-order valence-electron chi connectivity index (χ3n) is 4.46. The number of carboxylic acids is 1. The van der Waals surface area contributed by atoms with Crippen LogP contribution in [0.25, 0.3) is 11.6 Å². The first kappa shape index (κ1) is 21.8. The normalized spacial score (nSPS) is 12.5. The van der Waals surface area contributed by atoms with Gasteiger partial charge in [0.05, 0.1) is 12.1 Å². The number of H-pyrrole nitrogens is 1. The zero-order valence-corrected chi connectivity index (χ0v) is 16.2. The smallest absolute Gasteiger partial charge is 0.334 e. The van der Waals surface area contributed by atoms with Gasteiger partial charge in [-0.2, -0.15) is 0 Å². The number of aldehydes is 1. The predicted molar refractivity (Wildman–Crippen MR) is 106 cm³/mol. The Bertz CT molecular complexity index is 981. The number of nitrogens with one attached hydrogen (secondary N) is 2. The number of allylic oxidation sites excluding steroid dienone is 1. The van der Waals surface area contributed by atoms with E-state index in [2.05, 4.69) is 10.3 Å². The number of aromatic nitrogens is 1. The molecular weight excluding hydrogens is 381 g/mol. The standard InChI is InChI=1S/C20H22FN3O5/c1-10-16(6-12(9-25)14-7-13(21)4-5-15(14)22)24-11(2)18(10)19(26)23-8-17(29-3)20(27)28/h4-7,9,17,24H,8,22H2,1-3H3,(H,23,26)(H,27,28)/b12-6+. The molecule has 0 aliphatic rings. The van der Waals surface area contributed by atoms with Crippen molar-refractivity contribution in [1.29, 1.82) is 0 Å². The van der Waals surface area contributed by atoms with E-state index in [9.17, 15) is 18.8 Å². The summed E-state index contributed by atoms with van der Waals surface area (Å²) < 4.78 is 18.3. The molecule has 1 aromatic carbocycles. The fourth-order valence-electron chi connectivity index (χ4n) is 2.91. The number of benzene rings is 1. The highest BCUT2D eigenvalue weighted by atomic mass is 19.1. The molecule has 1 atom stereocenters. The predicted octanol–water partition coefficient (Wildman–Crippen LogP) is 1.92. The highest BCUT2D eigenvalue weighted by Gasteiger charge is 2.21. The molecule has 1 unspecified atom stereocenters. The number of ether oxygens (including phenoxy) is 1. The van der Waals surface area contributed by atoms with Crippen molar-refractivity contribution in [2.45, 2.75) is 20.0 Å². The molecule has 0 saturated heterocycles. The summed E-state index contributed by atoms with van der Waals surface area (Å²) in [4.78, 5) is 38.1. The lowest BCUT2D eigenvalue weighted by Gasteiger charge is -2.12. The maximum Gasteiger partial charge on any atom is 0.334 e. The van der Waals surface area contributed by atoms with Crippen molar-refractivity contribution in [2.75, 3.05) is 19.4 Å². The van der Waals surface area contributed by atoms with Crippen molar-refractivity contribution in [3.63, 3.8) is 0 Å². The summed E-state index contributed by atoms with van der Waals surface area (Å²) >= 11 is 0. The summed E-state index contributed by atoms with van der Waals surface area (Å²) in [5.74, 6) is -2.22. The Labute approximate surface area is 166 Å². The van der Waals surface area contributed by atoms with Gasteiger partial charge in [-0.25, -0.2) is 9.18 Å². The molecule has 0 bridgehead atoms. The molecule has 0 saturated carbocycles. The van der Waals surface area contributed by atoms with E-state index in [1.165, 1.54) is 25.3 Å². The number of halogens is 1. The molecule has 0 spiro atoms. The van der Waals surface area contributed by atoms with Crippen LogP contribution in [0.3, 0.4) is 0 Å². The molecule has 1 amide bonds. The van der Waals surface area contributed by atoms with Crippen LogP contribution >= 0.6 is 0 Å². The summed E-state index contributed by atoms with van der Waals surface area (Å²) in [5.41, 5.74) is 8.31. The zero-order valence-electron chi connectivity index (χ0n) is 16.2. The van der Waals surface area contributed by atoms with Gasteiger partial charge >= 0.3 is 5.97 Å². The van der Waals surface area contributed by atoms with Crippen molar-refractivity contribution < 1.29 is 28.6 Å². The van der Waals surface area contributed by atoms with Gasteiger partial charge in [-0.3, -0.25) is 9.59 Å². The average Bonchev–Trinajstić information content (AvgIpc) is 2.95. The van der Waals surface area contributed by atoms with E-state index in [4.69, 9.17) is 15.6 Å². The lowest BCUT2D eigenvalue weighted by atomic mass is 10.0. The molecule has 1 aromatic heterocycles. The van der Waals surface area contributed by atoms with Crippen LogP contribution in [-0.4, -0.2) is 48.0 Å². The Morgan fingerprint density at radius 3 is 2.66 bits per heavy atom. The first-order valence-corrected chi connectivity index (χ1v) is 8.64.